The van der Waals surface area contributed by atoms with Gasteiger partial charge in [0.2, 0.25) is 10.0 Å². The fraction of sp³-hybridized carbons (Fsp3) is 0.400. The van der Waals surface area contributed by atoms with Gasteiger partial charge in [-0.3, -0.25) is 0 Å². The Bertz CT molecular complexity index is 427. The molecular formula is C10H14FNO2S. The van der Waals surface area contributed by atoms with Gasteiger partial charge in [0, 0.05) is 13.1 Å². The molecule has 1 rings (SSSR count). The van der Waals surface area contributed by atoms with Crippen LogP contribution in [0.25, 0.3) is 0 Å². The quantitative estimate of drug-likeness (QED) is 0.793. The first-order valence-corrected chi connectivity index (χ1v) is 6.22. The maximum absolute atomic E-state index is 12.9. The molecule has 0 aliphatic rings. The molecule has 1 aromatic rings. The molecule has 0 fully saturated rings. The van der Waals surface area contributed by atoms with E-state index in [-0.39, 0.29) is 4.90 Å². The molecule has 0 amide bonds. The van der Waals surface area contributed by atoms with Gasteiger partial charge >= 0.3 is 0 Å². The molecule has 15 heavy (non-hydrogen) atoms. The molecule has 0 saturated heterocycles. The summed E-state index contributed by atoms with van der Waals surface area (Å²) in [7, 11) is -3.53. The van der Waals surface area contributed by atoms with E-state index in [0.717, 1.165) is 6.07 Å². The SMILES string of the molecule is CCN(CC)S(=O)(=O)c1cccc(F)c1. The van der Waals surface area contributed by atoms with Gasteiger partial charge in [-0.25, -0.2) is 12.8 Å². The van der Waals surface area contributed by atoms with E-state index in [1.807, 2.05) is 0 Å². The molecule has 5 heteroatoms. The smallest absolute Gasteiger partial charge is 0.207 e. The molecule has 0 aromatic heterocycles. The number of rotatable bonds is 4. The average Bonchev–Trinajstić information content (AvgIpc) is 2.19. The number of hydrogen-bond acceptors (Lipinski definition) is 2. The van der Waals surface area contributed by atoms with Crippen LogP contribution in [0.1, 0.15) is 13.8 Å². The highest BCUT2D eigenvalue weighted by Crippen LogP contribution is 2.15. The van der Waals surface area contributed by atoms with Gasteiger partial charge in [-0.1, -0.05) is 19.9 Å². The Hall–Kier alpha value is -0.940. The lowest BCUT2D eigenvalue weighted by atomic mass is 10.4. The lowest BCUT2D eigenvalue weighted by molar-refractivity contribution is 0.444. The van der Waals surface area contributed by atoms with Gasteiger partial charge in [-0.15, -0.1) is 0 Å². The molecule has 0 radical (unpaired) electrons. The van der Waals surface area contributed by atoms with Crippen molar-refractivity contribution in [1.29, 1.82) is 0 Å². The van der Waals surface area contributed by atoms with Crippen LogP contribution in [0, 0.1) is 5.82 Å². The first-order chi connectivity index (χ1) is 7.02. The molecule has 0 heterocycles. The van der Waals surface area contributed by atoms with Crippen molar-refractivity contribution in [2.75, 3.05) is 13.1 Å². The van der Waals surface area contributed by atoms with Crippen molar-refractivity contribution in [1.82, 2.24) is 4.31 Å². The van der Waals surface area contributed by atoms with Crippen LogP contribution in [-0.4, -0.2) is 25.8 Å². The number of sulfonamides is 1. The van der Waals surface area contributed by atoms with Gasteiger partial charge in [-0.2, -0.15) is 4.31 Å². The molecule has 0 atom stereocenters. The fourth-order valence-corrected chi connectivity index (χ4v) is 2.83. The molecule has 0 saturated carbocycles. The van der Waals surface area contributed by atoms with Crippen molar-refractivity contribution < 1.29 is 12.8 Å². The Kier molecular flexibility index (Phi) is 3.82. The largest absolute Gasteiger partial charge is 0.243 e. The van der Waals surface area contributed by atoms with E-state index >= 15 is 0 Å². The van der Waals surface area contributed by atoms with Crippen molar-refractivity contribution >= 4 is 10.0 Å². The lowest BCUT2D eigenvalue weighted by Gasteiger charge is -2.18. The zero-order valence-electron chi connectivity index (χ0n) is 8.77. The first-order valence-electron chi connectivity index (χ1n) is 4.78. The number of nitrogens with zero attached hydrogens (tertiary/aromatic N) is 1. The monoisotopic (exact) mass is 231 g/mol. The third-order valence-electron chi connectivity index (χ3n) is 2.14. The van der Waals surface area contributed by atoms with Crippen LogP contribution in [0.2, 0.25) is 0 Å². The van der Waals surface area contributed by atoms with Crippen molar-refractivity contribution in [3.05, 3.63) is 30.1 Å². The van der Waals surface area contributed by atoms with Gasteiger partial charge < -0.3 is 0 Å². The minimum atomic E-state index is -3.53. The van der Waals surface area contributed by atoms with Crippen LogP contribution in [0.15, 0.2) is 29.2 Å². The average molecular weight is 231 g/mol. The summed E-state index contributed by atoms with van der Waals surface area (Å²) < 4.78 is 38.0. The predicted molar refractivity (Wildman–Crippen MR) is 56.5 cm³/mol. The van der Waals surface area contributed by atoms with Gasteiger partial charge in [0.15, 0.2) is 0 Å². The van der Waals surface area contributed by atoms with Crippen LogP contribution >= 0.6 is 0 Å². The molecule has 0 bridgehead atoms. The minimum absolute atomic E-state index is 0.00574. The summed E-state index contributed by atoms with van der Waals surface area (Å²) in [5.74, 6) is -0.539. The molecule has 0 N–H and O–H groups in total. The standard InChI is InChI=1S/C10H14FNO2S/c1-3-12(4-2)15(13,14)10-7-5-6-9(11)8-10/h5-8H,3-4H2,1-2H3. The van der Waals surface area contributed by atoms with Crippen molar-refractivity contribution in [2.45, 2.75) is 18.7 Å². The normalized spacial score (nSPS) is 12.0. The molecular weight excluding hydrogens is 217 g/mol. The van der Waals surface area contributed by atoms with Crippen LogP contribution in [0.4, 0.5) is 4.39 Å². The lowest BCUT2D eigenvalue weighted by Crippen LogP contribution is -2.30. The maximum atomic E-state index is 12.9. The Morgan fingerprint density at radius 1 is 1.27 bits per heavy atom. The third-order valence-corrected chi connectivity index (χ3v) is 4.19. The highest BCUT2D eigenvalue weighted by molar-refractivity contribution is 7.89. The van der Waals surface area contributed by atoms with Crippen molar-refractivity contribution in [3.63, 3.8) is 0 Å². The van der Waals surface area contributed by atoms with Gasteiger partial charge in [0.05, 0.1) is 4.90 Å². The van der Waals surface area contributed by atoms with Crippen LogP contribution < -0.4 is 0 Å². The van der Waals surface area contributed by atoms with Crippen LogP contribution in [0.5, 0.6) is 0 Å². The molecule has 0 aliphatic carbocycles. The summed E-state index contributed by atoms with van der Waals surface area (Å²) in [4.78, 5) is 0.00574. The second kappa shape index (κ2) is 4.72. The number of halogens is 1. The Labute approximate surface area is 89.6 Å². The van der Waals surface area contributed by atoms with Crippen LogP contribution in [-0.2, 0) is 10.0 Å². The second-order valence-electron chi connectivity index (χ2n) is 3.05. The van der Waals surface area contributed by atoms with Crippen molar-refractivity contribution in [3.8, 4) is 0 Å². The summed E-state index contributed by atoms with van der Waals surface area (Å²) in [5.41, 5.74) is 0. The van der Waals surface area contributed by atoms with E-state index in [1.54, 1.807) is 13.8 Å². The number of benzene rings is 1. The van der Waals surface area contributed by atoms with Gasteiger partial charge in [0.25, 0.3) is 0 Å². The van der Waals surface area contributed by atoms with E-state index in [9.17, 15) is 12.8 Å². The van der Waals surface area contributed by atoms with Gasteiger partial charge in [-0.05, 0) is 18.2 Å². The zero-order chi connectivity index (χ0) is 11.5. The zero-order valence-corrected chi connectivity index (χ0v) is 9.59. The molecule has 0 spiro atoms. The maximum Gasteiger partial charge on any atom is 0.243 e. The Morgan fingerprint density at radius 3 is 2.33 bits per heavy atom. The molecule has 0 aliphatic heterocycles. The highest BCUT2D eigenvalue weighted by Gasteiger charge is 2.21. The summed E-state index contributed by atoms with van der Waals surface area (Å²) in [6, 6.07) is 5.05. The van der Waals surface area contributed by atoms with E-state index in [4.69, 9.17) is 0 Å². The Balaban J connectivity index is 3.16. The summed E-state index contributed by atoms with van der Waals surface area (Å²) in [6.45, 7) is 4.27. The molecule has 84 valence electrons. The number of hydrogen-bond donors (Lipinski definition) is 0. The van der Waals surface area contributed by atoms with E-state index < -0.39 is 15.8 Å². The summed E-state index contributed by atoms with van der Waals surface area (Å²) in [6.07, 6.45) is 0. The predicted octanol–water partition coefficient (Wildman–Crippen LogP) is 1.86. The Morgan fingerprint density at radius 2 is 1.87 bits per heavy atom. The fourth-order valence-electron chi connectivity index (χ4n) is 1.34. The topological polar surface area (TPSA) is 37.4 Å². The summed E-state index contributed by atoms with van der Waals surface area (Å²) >= 11 is 0. The van der Waals surface area contributed by atoms with Gasteiger partial charge in [0.1, 0.15) is 5.82 Å². The highest BCUT2D eigenvalue weighted by atomic mass is 32.2. The first kappa shape index (κ1) is 12.1. The minimum Gasteiger partial charge on any atom is -0.207 e. The van der Waals surface area contributed by atoms with E-state index in [1.165, 1.54) is 22.5 Å². The third kappa shape index (κ3) is 2.54. The van der Waals surface area contributed by atoms with E-state index in [0.29, 0.717) is 13.1 Å². The molecule has 0 unspecified atom stereocenters. The van der Waals surface area contributed by atoms with E-state index in [2.05, 4.69) is 0 Å². The second-order valence-corrected chi connectivity index (χ2v) is 4.98. The molecule has 1 aromatic carbocycles. The summed E-state index contributed by atoms with van der Waals surface area (Å²) in [5, 5.41) is 0. The molecule has 3 nitrogen and oxygen atoms in total. The van der Waals surface area contributed by atoms with Crippen molar-refractivity contribution in [2.24, 2.45) is 0 Å². The van der Waals surface area contributed by atoms with Crippen LogP contribution in [0.3, 0.4) is 0 Å².